The topological polar surface area (TPSA) is 19.4 Å². The van der Waals surface area contributed by atoms with Crippen molar-refractivity contribution in [2.24, 2.45) is 0 Å². The number of hydrogen-bond donors (Lipinski definition) is 0. The number of aromatic nitrogens is 1. The molecule has 0 atom stereocenters. The first-order valence-corrected chi connectivity index (χ1v) is 7.82. The van der Waals surface area contributed by atoms with Crippen molar-refractivity contribution in [3.63, 3.8) is 0 Å². The Balaban J connectivity index is 1.48. The van der Waals surface area contributed by atoms with Gasteiger partial charge in [-0.2, -0.15) is 0 Å². The third-order valence-electron chi connectivity index (χ3n) is 3.97. The molecule has 1 aromatic carbocycles. The van der Waals surface area contributed by atoms with E-state index in [4.69, 9.17) is 11.6 Å². The van der Waals surface area contributed by atoms with E-state index in [0.29, 0.717) is 5.02 Å². The third kappa shape index (κ3) is 3.96. The molecule has 110 valence electrons. The second-order valence-electron chi connectivity index (χ2n) is 5.40. The first kappa shape index (κ1) is 14.4. The summed E-state index contributed by atoms with van der Waals surface area (Å²) in [6, 6.07) is 14.6. The molecule has 0 amide bonds. The minimum Gasteiger partial charge on any atom is -0.354 e. The van der Waals surface area contributed by atoms with Crippen LogP contribution in [0.4, 0.5) is 5.82 Å². The molecule has 0 saturated carbocycles. The Morgan fingerprint density at radius 1 is 0.952 bits per heavy atom. The Morgan fingerprint density at radius 3 is 2.38 bits per heavy atom. The summed E-state index contributed by atoms with van der Waals surface area (Å²) in [4.78, 5) is 9.25. The highest BCUT2D eigenvalue weighted by Crippen LogP contribution is 2.16. The van der Waals surface area contributed by atoms with Crippen molar-refractivity contribution in [3.05, 3.63) is 59.2 Å². The van der Waals surface area contributed by atoms with Gasteiger partial charge in [0.05, 0.1) is 5.02 Å². The van der Waals surface area contributed by atoms with Gasteiger partial charge in [0.15, 0.2) is 0 Å². The average Bonchev–Trinajstić information content (AvgIpc) is 2.55. The molecule has 1 aliphatic rings. The van der Waals surface area contributed by atoms with Gasteiger partial charge in [-0.15, -0.1) is 0 Å². The summed E-state index contributed by atoms with van der Waals surface area (Å²) in [7, 11) is 0. The fourth-order valence-corrected chi connectivity index (χ4v) is 2.80. The van der Waals surface area contributed by atoms with Gasteiger partial charge in [-0.05, 0) is 24.1 Å². The Bertz CT molecular complexity index is 548. The zero-order chi connectivity index (χ0) is 14.5. The van der Waals surface area contributed by atoms with E-state index in [1.807, 2.05) is 12.1 Å². The molecule has 1 fully saturated rings. The molecule has 0 radical (unpaired) electrons. The van der Waals surface area contributed by atoms with Crippen LogP contribution in [0.15, 0.2) is 48.7 Å². The van der Waals surface area contributed by atoms with Crippen molar-refractivity contribution < 1.29 is 0 Å². The third-order valence-corrected chi connectivity index (χ3v) is 4.19. The quantitative estimate of drug-likeness (QED) is 0.865. The van der Waals surface area contributed by atoms with Crippen LogP contribution in [0, 0.1) is 0 Å². The van der Waals surface area contributed by atoms with E-state index in [1.54, 1.807) is 6.20 Å². The second kappa shape index (κ2) is 6.92. The maximum absolute atomic E-state index is 5.88. The van der Waals surface area contributed by atoms with Crippen molar-refractivity contribution in [2.45, 2.75) is 6.42 Å². The van der Waals surface area contributed by atoms with Crippen molar-refractivity contribution >= 4 is 17.4 Å². The van der Waals surface area contributed by atoms with Crippen LogP contribution in [0.25, 0.3) is 0 Å². The van der Waals surface area contributed by atoms with E-state index < -0.39 is 0 Å². The molecule has 2 heterocycles. The van der Waals surface area contributed by atoms with Gasteiger partial charge in [0.1, 0.15) is 5.82 Å². The van der Waals surface area contributed by atoms with E-state index in [9.17, 15) is 0 Å². The molecule has 3 rings (SSSR count). The predicted octanol–water partition coefficient (Wildman–Crippen LogP) is 3.10. The summed E-state index contributed by atoms with van der Waals surface area (Å²) in [6.45, 7) is 5.38. The molecular formula is C17H20ClN3. The van der Waals surface area contributed by atoms with Crippen LogP contribution < -0.4 is 4.90 Å². The Labute approximate surface area is 131 Å². The van der Waals surface area contributed by atoms with E-state index in [1.165, 1.54) is 5.56 Å². The molecular weight excluding hydrogens is 282 g/mol. The van der Waals surface area contributed by atoms with Crippen LogP contribution in [0.1, 0.15) is 5.56 Å². The lowest BCUT2D eigenvalue weighted by Crippen LogP contribution is -2.47. The van der Waals surface area contributed by atoms with Crippen molar-refractivity contribution in [3.8, 4) is 0 Å². The number of nitrogens with zero attached hydrogens (tertiary/aromatic N) is 3. The van der Waals surface area contributed by atoms with E-state index in [-0.39, 0.29) is 0 Å². The van der Waals surface area contributed by atoms with Gasteiger partial charge >= 0.3 is 0 Å². The fourth-order valence-electron chi connectivity index (χ4n) is 2.69. The first-order chi connectivity index (χ1) is 10.3. The Morgan fingerprint density at radius 2 is 1.71 bits per heavy atom. The molecule has 0 N–H and O–H groups in total. The lowest BCUT2D eigenvalue weighted by molar-refractivity contribution is 0.260. The number of hydrogen-bond acceptors (Lipinski definition) is 3. The number of pyridine rings is 1. The molecule has 1 saturated heterocycles. The van der Waals surface area contributed by atoms with Gasteiger partial charge in [-0.1, -0.05) is 41.9 Å². The predicted molar refractivity (Wildman–Crippen MR) is 88.0 cm³/mol. The van der Waals surface area contributed by atoms with Crippen LogP contribution in [-0.4, -0.2) is 42.6 Å². The molecule has 21 heavy (non-hydrogen) atoms. The maximum Gasteiger partial charge on any atom is 0.128 e. The monoisotopic (exact) mass is 301 g/mol. The van der Waals surface area contributed by atoms with Gasteiger partial charge in [0.2, 0.25) is 0 Å². The van der Waals surface area contributed by atoms with E-state index >= 15 is 0 Å². The first-order valence-electron chi connectivity index (χ1n) is 7.44. The largest absolute Gasteiger partial charge is 0.354 e. The highest BCUT2D eigenvalue weighted by Gasteiger charge is 2.17. The fraction of sp³-hybridized carbons (Fsp3) is 0.353. The summed E-state index contributed by atoms with van der Waals surface area (Å²) in [5.41, 5.74) is 1.42. The summed E-state index contributed by atoms with van der Waals surface area (Å²) in [5, 5.41) is 0.695. The summed E-state index contributed by atoms with van der Waals surface area (Å²) >= 11 is 5.88. The zero-order valence-electron chi connectivity index (χ0n) is 12.1. The minimum atomic E-state index is 0.695. The number of rotatable bonds is 4. The standard InChI is InChI=1S/C17H20ClN3/c18-16-6-7-17(19-14-16)21-12-10-20(11-13-21)9-8-15-4-2-1-3-5-15/h1-7,14H,8-13H2. The SMILES string of the molecule is Clc1ccc(N2CCN(CCc3ccccc3)CC2)nc1. The molecule has 0 bridgehead atoms. The smallest absolute Gasteiger partial charge is 0.128 e. The van der Waals surface area contributed by atoms with Crippen molar-refractivity contribution in [2.75, 3.05) is 37.6 Å². The second-order valence-corrected chi connectivity index (χ2v) is 5.84. The molecule has 0 spiro atoms. The number of halogens is 1. The van der Waals surface area contributed by atoms with Gasteiger partial charge in [0.25, 0.3) is 0 Å². The van der Waals surface area contributed by atoms with Gasteiger partial charge in [-0.3, -0.25) is 4.90 Å². The lowest BCUT2D eigenvalue weighted by Gasteiger charge is -2.35. The highest BCUT2D eigenvalue weighted by molar-refractivity contribution is 6.30. The normalized spacial score (nSPS) is 16.1. The van der Waals surface area contributed by atoms with Gasteiger partial charge in [-0.25, -0.2) is 4.98 Å². The number of anilines is 1. The van der Waals surface area contributed by atoms with E-state index in [0.717, 1.165) is 45.0 Å². The maximum atomic E-state index is 5.88. The minimum absolute atomic E-state index is 0.695. The molecule has 1 aliphatic heterocycles. The van der Waals surface area contributed by atoms with E-state index in [2.05, 4.69) is 45.1 Å². The number of benzene rings is 1. The summed E-state index contributed by atoms with van der Waals surface area (Å²) < 4.78 is 0. The summed E-state index contributed by atoms with van der Waals surface area (Å²) in [6.07, 6.45) is 2.85. The summed E-state index contributed by atoms with van der Waals surface area (Å²) in [5.74, 6) is 1.03. The Hall–Kier alpha value is -1.58. The molecule has 4 heteroatoms. The van der Waals surface area contributed by atoms with Crippen molar-refractivity contribution in [1.82, 2.24) is 9.88 Å². The highest BCUT2D eigenvalue weighted by atomic mass is 35.5. The van der Waals surface area contributed by atoms with Crippen LogP contribution >= 0.6 is 11.6 Å². The molecule has 0 aliphatic carbocycles. The molecule has 3 nitrogen and oxygen atoms in total. The lowest BCUT2D eigenvalue weighted by atomic mass is 10.1. The van der Waals surface area contributed by atoms with Crippen LogP contribution in [0.3, 0.4) is 0 Å². The van der Waals surface area contributed by atoms with Gasteiger partial charge < -0.3 is 4.90 Å². The molecule has 0 unspecified atom stereocenters. The molecule has 2 aromatic rings. The van der Waals surface area contributed by atoms with Crippen molar-refractivity contribution in [1.29, 1.82) is 0 Å². The molecule has 1 aromatic heterocycles. The van der Waals surface area contributed by atoms with Crippen LogP contribution in [0.2, 0.25) is 5.02 Å². The van der Waals surface area contributed by atoms with Crippen LogP contribution in [-0.2, 0) is 6.42 Å². The zero-order valence-corrected chi connectivity index (χ0v) is 12.8. The van der Waals surface area contributed by atoms with Gasteiger partial charge in [0, 0.05) is 38.9 Å². The number of piperazine rings is 1. The Kier molecular flexibility index (Phi) is 4.73. The van der Waals surface area contributed by atoms with Crippen LogP contribution in [0.5, 0.6) is 0 Å². The average molecular weight is 302 g/mol.